The van der Waals surface area contributed by atoms with Crippen LogP contribution in [0.4, 0.5) is 5.69 Å². The van der Waals surface area contributed by atoms with E-state index in [-0.39, 0.29) is 5.75 Å². The molecule has 3 rings (SSSR count). The molecule has 100 valence electrons. The van der Waals surface area contributed by atoms with E-state index in [1.54, 1.807) is 18.3 Å². The molecule has 0 aliphatic carbocycles. The maximum Gasteiger partial charge on any atom is 0.115 e. The fourth-order valence-electron chi connectivity index (χ4n) is 2.10. The molecule has 0 fully saturated rings. The summed E-state index contributed by atoms with van der Waals surface area (Å²) in [6.45, 7) is 0.645. The van der Waals surface area contributed by atoms with Gasteiger partial charge >= 0.3 is 0 Å². The van der Waals surface area contributed by atoms with Crippen molar-refractivity contribution < 1.29 is 5.11 Å². The number of hydrogen-bond acceptors (Lipinski definition) is 3. The summed E-state index contributed by atoms with van der Waals surface area (Å²) in [6, 6.07) is 14.7. The number of benzene rings is 2. The SMILES string of the molecule is Oc1ccc(CNc2cc(Cl)cc3cccnc23)cc1. The third-order valence-electron chi connectivity index (χ3n) is 3.09. The lowest BCUT2D eigenvalue weighted by Crippen LogP contribution is -2.00. The van der Waals surface area contributed by atoms with Crippen molar-refractivity contribution in [2.24, 2.45) is 0 Å². The molecule has 4 heteroatoms. The second-order valence-corrected chi connectivity index (χ2v) is 4.98. The highest BCUT2D eigenvalue weighted by Gasteiger charge is 2.04. The third kappa shape index (κ3) is 2.68. The van der Waals surface area contributed by atoms with Crippen molar-refractivity contribution in [3.8, 4) is 5.75 Å². The van der Waals surface area contributed by atoms with Crippen LogP contribution in [0, 0.1) is 0 Å². The molecule has 20 heavy (non-hydrogen) atoms. The standard InChI is InChI=1S/C16H13ClN2O/c17-13-8-12-2-1-7-18-16(12)15(9-13)19-10-11-3-5-14(20)6-4-11/h1-9,19-20H,10H2. The van der Waals surface area contributed by atoms with Crippen LogP contribution in [0.25, 0.3) is 10.9 Å². The molecule has 0 aliphatic heterocycles. The Morgan fingerprint density at radius 3 is 2.70 bits per heavy atom. The maximum absolute atomic E-state index is 9.27. The van der Waals surface area contributed by atoms with Gasteiger partial charge in [0.05, 0.1) is 11.2 Å². The van der Waals surface area contributed by atoms with Gasteiger partial charge in [-0.3, -0.25) is 4.98 Å². The van der Waals surface area contributed by atoms with Crippen LogP contribution in [0.1, 0.15) is 5.56 Å². The number of phenolic OH excluding ortho intramolecular Hbond substituents is 1. The molecule has 0 amide bonds. The van der Waals surface area contributed by atoms with Gasteiger partial charge in [-0.05, 0) is 35.9 Å². The predicted octanol–water partition coefficient (Wildman–Crippen LogP) is 4.21. The van der Waals surface area contributed by atoms with Gasteiger partial charge in [0.2, 0.25) is 0 Å². The zero-order chi connectivity index (χ0) is 13.9. The van der Waals surface area contributed by atoms with Crippen molar-refractivity contribution in [2.45, 2.75) is 6.54 Å². The lowest BCUT2D eigenvalue weighted by atomic mass is 10.1. The molecule has 1 heterocycles. The van der Waals surface area contributed by atoms with Crippen LogP contribution in [0.5, 0.6) is 5.75 Å². The van der Waals surface area contributed by atoms with Gasteiger partial charge in [0.1, 0.15) is 5.75 Å². The van der Waals surface area contributed by atoms with Gasteiger partial charge in [0, 0.05) is 23.2 Å². The van der Waals surface area contributed by atoms with Crippen molar-refractivity contribution >= 4 is 28.2 Å². The summed E-state index contributed by atoms with van der Waals surface area (Å²) in [5.41, 5.74) is 2.88. The zero-order valence-corrected chi connectivity index (χ0v) is 11.4. The topological polar surface area (TPSA) is 45.1 Å². The summed E-state index contributed by atoms with van der Waals surface area (Å²) in [5, 5.41) is 14.3. The number of pyridine rings is 1. The van der Waals surface area contributed by atoms with E-state index < -0.39 is 0 Å². The number of nitrogens with zero attached hydrogens (tertiary/aromatic N) is 1. The Kier molecular flexibility index (Phi) is 3.44. The highest BCUT2D eigenvalue weighted by Crippen LogP contribution is 2.26. The predicted molar refractivity (Wildman–Crippen MR) is 82.2 cm³/mol. The Bertz CT molecular complexity index is 741. The molecule has 0 atom stereocenters. The molecular weight excluding hydrogens is 272 g/mol. The highest BCUT2D eigenvalue weighted by molar-refractivity contribution is 6.31. The summed E-state index contributed by atoms with van der Waals surface area (Å²) in [5.74, 6) is 0.267. The summed E-state index contributed by atoms with van der Waals surface area (Å²) in [4.78, 5) is 4.39. The first-order chi connectivity index (χ1) is 9.72. The van der Waals surface area contributed by atoms with E-state index in [4.69, 9.17) is 11.6 Å². The van der Waals surface area contributed by atoms with Crippen molar-refractivity contribution in [1.29, 1.82) is 0 Å². The molecule has 0 bridgehead atoms. The Morgan fingerprint density at radius 1 is 1.10 bits per heavy atom. The number of fused-ring (bicyclic) bond motifs is 1. The van der Waals surface area contributed by atoms with Crippen LogP contribution >= 0.6 is 11.6 Å². The van der Waals surface area contributed by atoms with E-state index in [1.807, 2.05) is 36.4 Å². The number of aromatic hydroxyl groups is 1. The second-order valence-electron chi connectivity index (χ2n) is 4.55. The quantitative estimate of drug-likeness (QED) is 0.757. The van der Waals surface area contributed by atoms with Gasteiger partial charge in [0.15, 0.2) is 0 Å². The van der Waals surface area contributed by atoms with E-state index in [1.165, 1.54) is 0 Å². The lowest BCUT2D eigenvalue weighted by molar-refractivity contribution is 0.475. The van der Waals surface area contributed by atoms with Crippen LogP contribution in [-0.2, 0) is 6.54 Å². The largest absolute Gasteiger partial charge is 0.508 e. The monoisotopic (exact) mass is 284 g/mol. The molecular formula is C16H13ClN2O. The molecule has 3 nitrogen and oxygen atoms in total. The zero-order valence-electron chi connectivity index (χ0n) is 10.7. The number of rotatable bonds is 3. The highest BCUT2D eigenvalue weighted by atomic mass is 35.5. The molecule has 0 aliphatic rings. The maximum atomic E-state index is 9.27. The van der Waals surface area contributed by atoms with Crippen molar-refractivity contribution in [2.75, 3.05) is 5.32 Å². The Morgan fingerprint density at radius 2 is 1.90 bits per heavy atom. The van der Waals surface area contributed by atoms with Gasteiger partial charge in [-0.25, -0.2) is 0 Å². The Labute approximate surface area is 121 Å². The van der Waals surface area contributed by atoms with E-state index in [9.17, 15) is 5.11 Å². The summed E-state index contributed by atoms with van der Waals surface area (Å²) >= 11 is 6.13. The van der Waals surface area contributed by atoms with E-state index in [0.717, 1.165) is 22.2 Å². The molecule has 0 saturated carbocycles. The van der Waals surface area contributed by atoms with Gasteiger partial charge in [-0.2, -0.15) is 0 Å². The van der Waals surface area contributed by atoms with Crippen molar-refractivity contribution in [1.82, 2.24) is 4.98 Å². The van der Waals surface area contributed by atoms with Gasteiger partial charge < -0.3 is 10.4 Å². The fraction of sp³-hybridized carbons (Fsp3) is 0.0625. The van der Waals surface area contributed by atoms with Crippen molar-refractivity contribution in [3.63, 3.8) is 0 Å². The fourth-order valence-corrected chi connectivity index (χ4v) is 2.33. The number of phenols is 1. The van der Waals surface area contributed by atoms with Gasteiger partial charge in [-0.15, -0.1) is 0 Å². The average Bonchev–Trinajstić information content (AvgIpc) is 2.46. The van der Waals surface area contributed by atoms with Crippen molar-refractivity contribution in [3.05, 3.63) is 65.3 Å². The molecule has 1 aromatic heterocycles. The van der Waals surface area contributed by atoms with Crippen LogP contribution < -0.4 is 5.32 Å². The minimum atomic E-state index is 0.267. The minimum absolute atomic E-state index is 0.267. The van der Waals surface area contributed by atoms with Crippen LogP contribution in [0.2, 0.25) is 5.02 Å². The minimum Gasteiger partial charge on any atom is -0.508 e. The lowest BCUT2D eigenvalue weighted by Gasteiger charge is -2.10. The first kappa shape index (κ1) is 12.8. The Hall–Kier alpha value is -2.26. The summed E-state index contributed by atoms with van der Waals surface area (Å²) < 4.78 is 0. The number of anilines is 1. The molecule has 0 unspecified atom stereocenters. The molecule has 0 spiro atoms. The van der Waals surface area contributed by atoms with Crippen LogP contribution in [-0.4, -0.2) is 10.1 Å². The second kappa shape index (κ2) is 5.39. The molecule has 0 saturated heterocycles. The Balaban J connectivity index is 1.88. The smallest absolute Gasteiger partial charge is 0.115 e. The van der Waals surface area contributed by atoms with Crippen LogP contribution in [0.15, 0.2) is 54.7 Å². The summed E-state index contributed by atoms with van der Waals surface area (Å²) in [6.07, 6.45) is 1.77. The van der Waals surface area contributed by atoms with E-state index in [0.29, 0.717) is 11.6 Å². The normalized spacial score (nSPS) is 10.7. The summed E-state index contributed by atoms with van der Waals surface area (Å²) in [7, 11) is 0. The number of aromatic nitrogens is 1. The first-order valence-electron chi connectivity index (χ1n) is 6.28. The average molecular weight is 285 g/mol. The molecule has 3 aromatic rings. The van der Waals surface area contributed by atoms with E-state index >= 15 is 0 Å². The molecule has 2 N–H and O–H groups in total. The number of halogens is 1. The van der Waals surface area contributed by atoms with E-state index in [2.05, 4.69) is 10.3 Å². The first-order valence-corrected chi connectivity index (χ1v) is 6.66. The number of nitrogens with one attached hydrogen (secondary N) is 1. The number of hydrogen-bond donors (Lipinski definition) is 2. The van der Waals surface area contributed by atoms with Gasteiger partial charge in [0.25, 0.3) is 0 Å². The van der Waals surface area contributed by atoms with Crippen LogP contribution in [0.3, 0.4) is 0 Å². The third-order valence-corrected chi connectivity index (χ3v) is 3.31. The molecule has 0 radical (unpaired) electrons. The molecule has 2 aromatic carbocycles. The van der Waals surface area contributed by atoms with Gasteiger partial charge in [-0.1, -0.05) is 29.8 Å².